The van der Waals surface area contributed by atoms with E-state index in [1.165, 1.54) is 5.56 Å². The summed E-state index contributed by atoms with van der Waals surface area (Å²) in [6.07, 6.45) is 1.15. The van der Waals surface area contributed by atoms with E-state index in [2.05, 4.69) is 41.9 Å². The molecular weight excluding hydrogens is 314 g/mol. The average Bonchev–Trinajstić information content (AvgIpc) is 2.48. The molecule has 2 aromatic rings. The molecule has 0 fully saturated rings. The van der Waals surface area contributed by atoms with Crippen LogP contribution in [0.3, 0.4) is 0 Å². The van der Waals surface area contributed by atoms with Gasteiger partial charge in [0, 0.05) is 15.7 Å². The topological polar surface area (TPSA) is 35.2 Å². The molecule has 2 nitrogen and oxygen atoms in total. The van der Waals surface area contributed by atoms with Gasteiger partial charge in [0.05, 0.1) is 0 Å². The van der Waals surface area contributed by atoms with E-state index in [9.17, 15) is 0 Å². The molecular formula is C17H20BrNO. The SMILES string of the molecule is CCC(C)c1ccc(OCc2cccc(N)c2Br)cc1. The molecule has 0 aliphatic rings. The van der Waals surface area contributed by atoms with Crippen LogP contribution < -0.4 is 10.5 Å². The summed E-state index contributed by atoms with van der Waals surface area (Å²) in [5, 5.41) is 0. The Balaban J connectivity index is 2.02. The molecule has 3 heteroatoms. The van der Waals surface area contributed by atoms with Crippen LogP contribution in [-0.4, -0.2) is 0 Å². The molecule has 106 valence electrons. The lowest BCUT2D eigenvalue weighted by Crippen LogP contribution is -1.99. The van der Waals surface area contributed by atoms with Gasteiger partial charge in [-0.2, -0.15) is 0 Å². The van der Waals surface area contributed by atoms with Crippen molar-refractivity contribution in [2.24, 2.45) is 0 Å². The number of nitrogens with two attached hydrogens (primary N) is 1. The van der Waals surface area contributed by atoms with Gasteiger partial charge in [-0.05, 0) is 52.0 Å². The van der Waals surface area contributed by atoms with E-state index < -0.39 is 0 Å². The Morgan fingerprint density at radius 3 is 2.50 bits per heavy atom. The summed E-state index contributed by atoms with van der Waals surface area (Å²) in [6.45, 7) is 4.94. The normalized spacial score (nSPS) is 12.2. The number of halogens is 1. The monoisotopic (exact) mass is 333 g/mol. The summed E-state index contributed by atoms with van der Waals surface area (Å²) in [5.41, 5.74) is 8.99. The Bertz CT molecular complexity index is 566. The van der Waals surface area contributed by atoms with Gasteiger partial charge in [0.2, 0.25) is 0 Å². The van der Waals surface area contributed by atoms with Gasteiger partial charge in [0.25, 0.3) is 0 Å². The highest BCUT2D eigenvalue weighted by molar-refractivity contribution is 9.10. The van der Waals surface area contributed by atoms with Gasteiger partial charge < -0.3 is 10.5 Å². The molecule has 2 rings (SSSR count). The minimum absolute atomic E-state index is 0.508. The molecule has 1 atom stereocenters. The van der Waals surface area contributed by atoms with Gasteiger partial charge >= 0.3 is 0 Å². The highest BCUT2D eigenvalue weighted by Gasteiger charge is 2.05. The van der Waals surface area contributed by atoms with E-state index in [1.807, 2.05) is 30.3 Å². The fourth-order valence-electron chi connectivity index (χ4n) is 2.00. The molecule has 2 N–H and O–H groups in total. The highest BCUT2D eigenvalue weighted by Crippen LogP contribution is 2.26. The lowest BCUT2D eigenvalue weighted by Gasteiger charge is -2.12. The fourth-order valence-corrected chi connectivity index (χ4v) is 2.38. The third-order valence-electron chi connectivity index (χ3n) is 3.56. The summed E-state index contributed by atoms with van der Waals surface area (Å²) < 4.78 is 6.72. The first-order valence-corrected chi connectivity index (χ1v) is 7.66. The van der Waals surface area contributed by atoms with Crippen molar-refractivity contribution < 1.29 is 4.74 Å². The van der Waals surface area contributed by atoms with Gasteiger partial charge in [0.1, 0.15) is 12.4 Å². The van der Waals surface area contributed by atoms with E-state index in [0.717, 1.165) is 27.9 Å². The average molecular weight is 334 g/mol. The molecule has 0 heterocycles. The summed E-state index contributed by atoms with van der Waals surface area (Å²) in [7, 11) is 0. The Morgan fingerprint density at radius 2 is 1.85 bits per heavy atom. The summed E-state index contributed by atoms with van der Waals surface area (Å²) in [6, 6.07) is 14.1. The Labute approximate surface area is 129 Å². The van der Waals surface area contributed by atoms with E-state index in [4.69, 9.17) is 10.5 Å². The van der Waals surface area contributed by atoms with Gasteiger partial charge in [-0.15, -0.1) is 0 Å². The zero-order chi connectivity index (χ0) is 14.5. The van der Waals surface area contributed by atoms with Crippen LogP contribution in [0.4, 0.5) is 5.69 Å². The fraction of sp³-hybridized carbons (Fsp3) is 0.294. The maximum absolute atomic E-state index is 5.86. The first-order valence-electron chi connectivity index (χ1n) is 6.87. The van der Waals surface area contributed by atoms with Crippen LogP contribution >= 0.6 is 15.9 Å². The minimum Gasteiger partial charge on any atom is -0.489 e. The van der Waals surface area contributed by atoms with Crippen molar-refractivity contribution in [1.82, 2.24) is 0 Å². The van der Waals surface area contributed by atoms with Crippen molar-refractivity contribution in [1.29, 1.82) is 0 Å². The molecule has 0 bridgehead atoms. The number of ether oxygens (including phenoxy) is 1. The van der Waals surface area contributed by atoms with Crippen LogP contribution in [0.1, 0.15) is 37.3 Å². The third-order valence-corrected chi connectivity index (χ3v) is 4.53. The number of hydrogen-bond acceptors (Lipinski definition) is 2. The lowest BCUT2D eigenvalue weighted by atomic mass is 9.99. The van der Waals surface area contributed by atoms with Crippen molar-refractivity contribution >= 4 is 21.6 Å². The van der Waals surface area contributed by atoms with E-state index in [1.54, 1.807) is 0 Å². The van der Waals surface area contributed by atoms with E-state index >= 15 is 0 Å². The van der Waals surface area contributed by atoms with Crippen LogP contribution in [0.25, 0.3) is 0 Å². The third kappa shape index (κ3) is 3.54. The number of anilines is 1. The quantitative estimate of drug-likeness (QED) is 0.770. The van der Waals surface area contributed by atoms with Crippen LogP contribution in [0.15, 0.2) is 46.9 Å². The van der Waals surface area contributed by atoms with Gasteiger partial charge in [-0.3, -0.25) is 0 Å². The largest absolute Gasteiger partial charge is 0.489 e. The van der Waals surface area contributed by atoms with Crippen LogP contribution in [0.2, 0.25) is 0 Å². The first kappa shape index (κ1) is 14.9. The minimum atomic E-state index is 0.508. The second kappa shape index (κ2) is 6.80. The van der Waals surface area contributed by atoms with Gasteiger partial charge in [-0.1, -0.05) is 38.1 Å². The molecule has 0 saturated heterocycles. The molecule has 0 radical (unpaired) electrons. The Kier molecular flexibility index (Phi) is 5.07. The second-order valence-corrected chi connectivity index (χ2v) is 5.78. The molecule has 0 aliphatic heterocycles. The van der Waals surface area contributed by atoms with Gasteiger partial charge in [0.15, 0.2) is 0 Å². The molecule has 2 aromatic carbocycles. The molecule has 20 heavy (non-hydrogen) atoms. The molecule has 0 saturated carbocycles. The summed E-state index contributed by atoms with van der Waals surface area (Å²) >= 11 is 3.49. The molecule has 0 amide bonds. The van der Waals surface area contributed by atoms with Crippen molar-refractivity contribution in [3.05, 3.63) is 58.1 Å². The highest BCUT2D eigenvalue weighted by atomic mass is 79.9. The van der Waals surface area contributed by atoms with Crippen molar-refractivity contribution in [3.8, 4) is 5.75 Å². The van der Waals surface area contributed by atoms with Crippen molar-refractivity contribution in [2.75, 3.05) is 5.73 Å². The maximum Gasteiger partial charge on any atom is 0.119 e. The summed E-state index contributed by atoms with van der Waals surface area (Å²) in [4.78, 5) is 0. The van der Waals surface area contributed by atoms with E-state index in [-0.39, 0.29) is 0 Å². The van der Waals surface area contributed by atoms with Gasteiger partial charge in [-0.25, -0.2) is 0 Å². The van der Waals surface area contributed by atoms with Crippen molar-refractivity contribution in [3.63, 3.8) is 0 Å². The zero-order valence-electron chi connectivity index (χ0n) is 11.9. The molecule has 0 spiro atoms. The maximum atomic E-state index is 5.86. The smallest absolute Gasteiger partial charge is 0.119 e. The number of hydrogen-bond donors (Lipinski definition) is 1. The Hall–Kier alpha value is -1.48. The second-order valence-electron chi connectivity index (χ2n) is 4.99. The first-order chi connectivity index (χ1) is 9.61. The van der Waals surface area contributed by atoms with Crippen LogP contribution in [-0.2, 0) is 6.61 Å². The number of nitrogen functional groups attached to an aromatic ring is 1. The standard InChI is InChI=1S/C17H20BrNO/c1-3-12(2)13-7-9-15(10-8-13)20-11-14-5-4-6-16(19)17(14)18/h4-10,12H,3,11,19H2,1-2H3. The predicted molar refractivity (Wildman–Crippen MR) is 88.0 cm³/mol. The molecule has 1 unspecified atom stereocenters. The lowest BCUT2D eigenvalue weighted by molar-refractivity contribution is 0.305. The predicted octanol–water partition coefficient (Wildman–Crippen LogP) is 5.12. The van der Waals surface area contributed by atoms with Crippen LogP contribution in [0, 0.1) is 0 Å². The molecule has 0 aromatic heterocycles. The van der Waals surface area contributed by atoms with E-state index in [0.29, 0.717) is 12.5 Å². The van der Waals surface area contributed by atoms with Crippen LogP contribution in [0.5, 0.6) is 5.75 Å². The zero-order valence-corrected chi connectivity index (χ0v) is 13.5. The van der Waals surface area contributed by atoms with Crippen molar-refractivity contribution in [2.45, 2.75) is 32.8 Å². The number of rotatable bonds is 5. The number of benzene rings is 2. The summed E-state index contributed by atoms with van der Waals surface area (Å²) in [5.74, 6) is 1.47. The Morgan fingerprint density at radius 1 is 1.15 bits per heavy atom. The molecule has 0 aliphatic carbocycles.